The van der Waals surface area contributed by atoms with Gasteiger partial charge >= 0.3 is 0 Å². The Balaban J connectivity index is 1.49. The van der Waals surface area contributed by atoms with Crippen molar-refractivity contribution < 1.29 is 18.9 Å². The zero-order chi connectivity index (χ0) is 22.8. The molecule has 0 spiro atoms. The summed E-state index contributed by atoms with van der Waals surface area (Å²) in [5, 5.41) is 12.2. The summed E-state index contributed by atoms with van der Waals surface area (Å²) in [6, 6.07) is 15.6. The van der Waals surface area contributed by atoms with Crippen molar-refractivity contribution in [1.82, 2.24) is 10.4 Å². The van der Waals surface area contributed by atoms with Gasteiger partial charge in [-0.25, -0.2) is 0 Å². The summed E-state index contributed by atoms with van der Waals surface area (Å²) in [6.07, 6.45) is 1.51. The number of nitrogens with one attached hydrogen (secondary N) is 1. The number of carbonyl (C=O) groups is 2. The zero-order valence-corrected chi connectivity index (χ0v) is 18.4. The molecule has 160 valence electrons. The van der Waals surface area contributed by atoms with E-state index < -0.39 is 16.7 Å². The van der Waals surface area contributed by atoms with Crippen LogP contribution in [0.3, 0.4) is 0 Å². The molecular weight excluding hydrogens is 474 g/mol. The molecule has 4 rings (SSSR count). The van der Waals surface area contributed by atoms with Crippen LogP contribution in [0.25, 0.3) is 17.4 Å². The van der Waals surface area contributed by atoms with Crippen molar-refractivity contribution in [2.45, 2.75) is 0 Å². The molecule has 1 aliphatic rings. The van der Waals surface area contributed by atoms with Crippen molar-refractivity contribution in [2.24, 2.45) is 0 Å². The van der Waals surface area contributed by atoms with Crippen LogP contribution in [0.2, 0.25) is 5.02 Å². The van der Waals surface area contributed by atoms with Gasteiger partial charge in [0.05, 0.1) is 9.83 Å². The molecule has 1 aromatic heterocycles. The summed E-state index contributed by atoms with van der Waals surface area (Å²) in [4.78, 5) is 35.7. The summed E-state index contributed by atoms with van der Waals surface area (Å²) >= 11 is 12.1. The van der Waals surface area contributed by atoms with Gasteiger partial charge in [0.1, 0.15) is 11.5 Å². The number of thiocarbonyl (C=S) groups is 1. The van der Waals surface area contributed by atoms with Crippen molar-refractivity contribution >= 4 is 63.5 Å². The van der Waals surface area contributed by atoms with Crippen molar-refractivity contribution in [3.05, 3.63) is 92.0 Å². The highest BCUT2D eigenvalue weighted by atomic mass is 35.5. The van der Waals surface area contributed by atoms with E-state index in [2.05, 4.69) is 5.43 Å². The molecule has 3 aromatic rings. The Hall–Kier alpha value is -3.47. The number of hydrogen-bond donors (Lipinski definition) is 1. The topological polar surface area (TPSA) is 106 Å². The van der Waals surface area contributed by atoms with Crippen molar-refractivity contribution in [2.75, 3.05) is 0 Å². The lowest BCUT2D eigenvalue weighted by Gasteiger charge is -2.15. The summed E-state index contributed by atoms with van der Waals surface area (Å²) in [5.74, 6) is -0.150. The van der Waals surface area contributed by atoms with E-state index >= 15 is 0 Å². The molecule has 32 heavy (non-hydrogen) atoms. The van der Waals surface area contributed by atoms with Crippen LogP contribution in [0.4, 0.5) is 5.69 Å². The fourth-order valence-electron chi connectivity index (χ4n) is 2.82. The van der Waals surface area contributed by atoms with E-state index in [1.165, 1.54) is 24.3 Å². The molecule has 1 saturated heterocycles. The van der Waals surface area contributed by atoms with Crippen LogP contribution in [0.1, 0.15) is 16.1 Å². The van der Waals surface area contributed by atoms with Crippen LogP contribution >= 0.6 is 35.6 Å². The molecule has 2 amide bonds. The third kappa shape index (κ3) is 4.57. The first-order valence-corrected chi connectivity index (χ1v) is 10.6. The number of rotatable bonds is 5. The van der Waals surface area contributed by atoms with Crippen LogP contribution in [-0.2, 0) is 4.79 Å². The highest BCUT2D eigenvalue weighted by molar-refractivity contribution is 8.26. The van der Waals surface area contributed by atoms with Gasteiger partial charge in [-0.1, -0.05) is 29.4 Å². The zero-order valence-electron chi connectivity index (χ0n) is 16.0. The third-order valence-corrected chi connectivity index (χ3v) is 5.89. The van der Waals surface area contributed by atoms with Crippen LogP contribution < -0.4 is 5.43 Å². The van der Waals surface area contributed by atoms with Crippen molar-refractivity contribution in [1.29, 1.82) is 0 Å². The monoisotopic (exact) mass is 485 g/mol. The van der Waals surface area contributed by atoms with E-state index in [4.69, 9.17) is 28.2 Å². The Labute approximate surface area is 196 Å². The van der Waals surface area contributed by atoms with E-state index in [0.717, 1.165) is 16.8 Å². The normalized spacial score (nSPS) is 14.8. The van der Waals surface area contributed by atoms with E-state index in [9.17, 15) is 19.7 Å². The summed E-state index contributed by atoms with van der Waals surface area (Å²) in [6.45, 7) is 0. The Morgan fingerprint density at radius 2 is 1.94 bits per heavy atom. The van der Waals surface area contributed by atoms with Crippen LogP contribution in [0.15, 0.2) is 70.0 Å². The van der Waals surface area contributed by atoms with Gasteiger partial charge in [-0.3, -0.25) is 25.1 Å². The maximum atomic E-state index is 12.7. The number of nitro groups is 1. The Kier molecular flexibility index (Phi) is 6.08. The molecule has 8 nitrogen and oxygen atoms in total. The fraction of sp³-hybridized carbons (Fsp3) is 0. The average molecular weight is 486 g/mol. The first-order chi connectivity index (χ1) is 15.3. The number of furan rings is 1. The van der Waals surface area contributed by atoms with Crippen molar-refractivity contribution in [3.8, 4) is 11.3 Å². The van der Waals surface area contributed by atoms with Gasteiger partial charge < -0.3 is 4.42 Å². The van der Waals surface area contributed by atoms with Gasteiger partial charge in [0.25, 0.3) is 17.5 Å². The second kappa shape index (κ2) is 8.95. The molecule has 0 unspecified atom stereocenters. The number of carbonyl (C=O) groups excluding carboxylic acids is 2. The highest BCUT2D eigenvalue weighted by Gasteiger charge is 2.34. The highest BCUT2D eigenvalue weighted by Crippen LogP contribution is 2.33. The number of hydrogen-bond acceptors (Lipinski definition) is 7. The van der Waals surface area contributed by atoms with Gasteiger partial charge in [-0.15, -0.1) is 0 Å². The number of nitrogens with zero attached hydrogens (tertiary/aromatic N) is 2. The maximum Gasteiger partial charge on any atom is 0.285 e. The van der Waals surface area contributed by atoms with Crippen LogP contribution in [0.5, 0.6) is 0 Å². The third-order valence-electron chi connectivity index (χ3n) is 4.36. The predicted octanol–water partition coefficient (Wildman–Crippen LogP) is 5.05. The molecule has 11 heteroatoms. The van der Waals surface area contributed by atoms with Gasteiger partial charge in [0.15, 0.2) is 4.32 Å². The molecule has 1 fully saturated rings. The molecule has 1 N–H and O–H groups in total. The van der Waals surface area contributed by atoms with E-state index in [1.54, 1.807) is 42.5 Å². The lowest BCUT2D eigenvalue weighted by molar-refractivity contribution is -0.384. The average Bonchev–Trinajstić information content (AvgIpc) is 3.34. The summed E-state index contributed by atoms with van der Waals surface area (Å²) in [5.41, 5.74) is 3.39. The fourth-order valence-corrected chi connectivity index (χ4v) is 4.17. The minimum absolute atomic E-state index is 0.0241. The van der Waals surface area contributed by atoms with Gasteiger partial charge in [0.2, 0.25) is 0 Å². The molecule has 2 aromatic carbocycles. The Morgan fingerprint density at radius 1 is 1.19 bits per heavy atom. The van der Waals surface area contributed by atoms with Gasteiger partial charge in [0, 0.05) is 34.4 Å². The SMILES string of the molecule is O=C(NN1C(=O)/C(=C\c2ccc(-c3ccc([N+](=O)[O-])cc3)o2)SC1=S)c1cccc(Cl)c1. The van der Waals surface area contributed by atoms with E-state index in [1.807, 2.05) is 0 Å². The molecule has 2 heterocycles. The quantitative estimate of drug-likeness (QED) is 0.233. The van der Waals surface area contributed by atoms with Crippen LogP contribution in [-0.4, -0.2) is 26.1 Å². The smallest absolute Gasteiger partial charge is 0.285 e. The largest absolute Gasteiger partial charge is 0.457 e. The maximum absolute atomic E-state index is 12.7. The lowest BCUT2D eigenvalue weighted by Crippen LogP contribution is -2.44. The number of thioether (sulfide) groups is 1. The second-order valence-electron chi connectivity index (χ2n) is 6.47. The van der Waals surface area contributed by atoms with Gasteiger partial charge in [-0.05, 0) is 54.7 Å². The number of halogens is 1. The number of nitro benzene ring substituents is 1. The standard InChI is InChI=1S/C21H12ClN3O5S2/c22-14-3-1-2-13(10-14)19(26)23-24-20(27)18(32-21(24)31)11-16-8-9-17(30-16)12-4-6-15(7-5-12)25(28)29/h1-11H,(H,23,26)/b18-11+. The first kappa shape index (κ1) is 21.8. The molecular formula is C21H12ClN3O5S2. The number of benzene rings is 2. The predicted molar refractivity (Wildman–Crippen MR) is 125 cm³/mol. The molecule has 0 radical (unpaired) electrons. The number of hydrazine groups is 1. The summed E-state index contributed by atoms with van der Waals surface area (Å²) < 4.78 is 5.90. The number of amides is 2. The minimum Gasteiger partial charge on any atom is -0.457 e. The molecule has 0 atom stereocenters. The Bertz CT molecular complexity index is 1290. The molecule has 0 bridgehead atoms. The van der Waals surface area contributed by atoms with E-state index in [-0.39, 0.29) is 20.5 Å². The molecule has 0 saturated carbocycles. The summed E-state index contributed by atoms with van der Waals surface area (Å²) in [7, 11) is 0. The van der Waals surface area contributed by atoms with E-state index in [0.29, 0.717) is 22.1 Å². The number of non-ortho nitro benzene ring substituents is 1. The molecule has 1 aliphatic heterocycles. The lowest BCUT2D eigenvalue weighted by atomic mass is 10.1. The van der Waals surface area contributed by atoms with Crippen LogP contribution in [0, 0.1) is 10.1 Å². The Morgan fingerprint density at radius 3 is 2.62 bits per heavy atom. The van der Waals surface area contributed by atoms with Gasteiger partial charge in [-0.2, -0.15) is 5.01 Å². The first-order valence-electron chi connectivity index (χ1n) is 9.01. The molecule has 0 aliphatic carbocycles. The second-order valence-corrected chi connectivity index (χ2v) is 8.59. The van der Waals surface area contributed by atoms with Crippen molar-refractivity contribution in [3.63, 3.8) is 0 Å². The minimum atomic E-state index is -0.525.